The predicted molar refractivity (Wildman–Crippen MR) is 137 cm³/mol. The van der Waals surface area contributed by atoms with Crippen LogP contribution in [0.2, 0.25) is 10.0 Å². The van der Waals surface area contributed by atoms with Gasteiger partial charge in [-0.3, -0.25) is 4.79 Å². The van der Waals surface area contributed by atoms with E-state index in [-0.39, 0.29) is 12.5 Å². The van der Waals surface area contributed by atoms with E-state index in [0.29, 0.717) is 58.2 Å². The monoisotopic (exact) mass is 541 g/mol. The number of aromatic nitrogens is 2. The van der Waals surface area contributed by atoms with Crippen LogP contribution in [-0.4, -0.2) is 67.7 Å². The molecule has 0 spiro atoms. The second-order valence-electron chi connectivity index (χ2n) is 8.96. The molecule has 2 fully saturated rings. The molecule has 2 saturated heterocycles. The molecule has 4 heterocycles. The van der Waals surface area contributed by atoms with Crippen molar-refractivity contribution in [3.05, 3.63) is 34.4 Å². The van der Waals surface area contributed by atoms with E-state index in [1.807, 2.05) is 6.07 Å². The van der Waals surface area contributed by atoms with Gasteiger partial charge in [0.1, 0.15) is 11.6 Å². The Kier molecular flexibility index (Phi) is 8.49. The number of piperidine rings is 1. The van der Waals surface area contributed by atoms with E-state index >= 15 is 0 Å². The van der Waals surface area contributed by atoms with Crippen molar-refractivity contribution in [1.82, 2.24) is 14.3 Å². The Hall–Kier alpha value is -1.98. The van der Waals surface area contributed by atoms with Gasteiger partial charge >= 0.3 is 0 Å². The second kappa shape index (κ2) is 11.4. The minimum atomic E-state index is -3.35. The Morgan fingerprint density at radius 1 is 1.17 bits per heavy atom. The lowest BCUT2D eigenvalue weighted by Gasteiger charge is -2.30. The average Bonchev–Trinajstić information content (AvgIpc) is 2.85. The molecule has 35 heavy (non-hydrogen) atoms. The highest BCUT2D eigenvalue weighted by Gasteiger charge is 2.30. The first-order chi connectivity index (χ1) is 16.7. The third kappa shape index (κ3) is 6.83. The summed E-state index contributed by atoms with van der Waals surface area (Å²) in [7, 11) is -3.35. The van der Waals surface area contributed by atoms with E-state index in [1.54, 1.807) is 12.1 Å². The highest BCUT2D eigenvalue weighted by Crippen LogP contribution is 2.34. The molecule has 9 nitrogen and oxygen atoms in total. The van der Waals surface area contributed by atoms with Crippen LogP contribution in [0.25, 0.3) is 11.3 Å². The van der Waals surface area contributed by atoms with Crippen LogP contribution >= 0.6 is 23.2 Å². The summed E-state index contributed by atoms with van der Waals surface area (Å²) in [4.78, 5) is 21.7. The maximum Gasteiger partial charge on any atom is 0.229 e. The van der Waals surface area contributed by atoms with Crippen molar-refractivity contribution in [2.75, 3.05) is 49.7 Å². The molecule has 2 aliphatic rings. The Labute approximate surface area is 215 Å². The highest BCUT2D eigenvalue weighted by atomic mass is 35.5. The number of anilines is 2. The first-order valence-electron chi connectivity index (χ1n) is 11.6. The summed E-state index contributed by atoms with van der Waals surface area (Å²) in [6.07, 6.45) is 5.84. The van der Waals surface area contributed by atoms with Crippen LogP contribution in [0.15, 0.2) is 24.4 Å². The molecule has 0 aromatic carbocycles. The Morgan fingerprint density at radius 2 is 1.94 bits per heavy atom. The number of hydrogen-bond acceptors (Lipinski definition) is 7. The number of sulfonamides is 1. The quantitative estimate of drug-likeness (QED) is 0.546. The van der Waals surface area contributed by atoms with Gasteiger partial charge in [0.15, 0.2) is 0 Å². The lowest BCUT2D eigenvalue weighted by molar-refractivity contribution is -0.120. The average molecular weight is 542 g/mol. The lowest BCUT2D eigenvalue weighted by atomic mass is 9.99. The maximum atomic E-state index is 12.9. The number of hydrogen-bond donors (Lipinski definition) is 2. The van der Waals surface area contributed by atoms with E-state index in [9.17, 15) is 13.2 Å². The number of carbonyl (C=O) groups is 1. The van der Waals surface area contributed by atoms with Crippen molar-refractivity contribution in [2.24, 2.45) is 11.8 Å². The number of pyridine rings is 2. The van der Waals surface area contributed by atoms with Crippen LogP contribution < -0.4 is 10.6 Å². The van der Waals surface area contributed by atoms with Crippen molar-refractivity contribution >= 4 is 50.8 Å². The summed E-state index contributed by atoms with van der Waals surface area (Å²) in [5.41, 5.74) is 1.02. The number of amides is 1. The summed E-state index contributed by atoms with van der Waals surface area (Å²) in [5, 5.41) is 6.93. The molecule has 0 radical (unpaired) electrons. The minimum Gasteiger partial charge on any atom is -0.381 e. The maximum absolute atomic E-state index is 12.9. The molecule has 2 N–H and O–H groups in total. The van der Waals surface area contributed by atoms with Gasteiger partial charge in [0.2, 0.25) is 15.9 Å². The SMILES string of the molecule is CS(=O)(=O)N1CCC[C@H](C(=O)Nc2cc(-c3nc(NCC4CCOCC4)ccc3Cl)c(Cl)cn2)C1. The summed E-state index contributed by atoms with van der Waals surface area (Å²) in [5.74, 6) is 0.750. The van der Waals surface area contributed by atoms with Crippen LogP contribution in [0, 0.1) is 11.8 Å². The van der Waals surface area contributed by atoms with Gasteiger partial charge in [-0.15, -0.1) is 0 Å². The molecular weight excluding hydrogens is 513 g/mol. The summed E-state index contributed by atoms with van der Waals surface area (Å²) < 4.78 is 30.5. The molecule has 0 aliphatic carbocycles. The number of rotatable bonds is 7. The highest BCUT2D eigenvalue weighted by molar-refractivity contribution is 7.88. The van der Waals surface area contributed by atoms with Gasteiger partial charge in [0.25, 0.3) is 0 Å². The topological polar surface area (TPSA) is 114 Å². The van der Waals surface area contributed by atoms with E-state index in [1.165, 1.54) is 10.5 Å². The number of carbonyl (C=O) groups excluding carboxylic acids is 1. The van der Waals surface area contributed by atoms with Crippen molar-refractivity contribution in [3.63, 3.8) is 0 Å². The number of nitrogens with zero attached hydrogens (tertiary/aromatic N) is 3. The molecule has 1 atom stereocenters. The first-order valence-corrected chi connectivity index (χ1v) is 14.2. The Morgan fingerprint density at radius 3 is 2.69 bits per heavy atom. The summed E-state index contributed by atoms with van der Waals surface area (Å²) in [6, 6.07) is 5.21. The van der Waals surface area contributed by atoms with E-state index < -0.39 is 15.9 Å². The van der Waals surface area contributed by atoms with E-state index in [2.05, 4.69) is 20.6 Å². The molecule has 0 unspecified atom stereocenters. The third-order valence-electron chi connectivity index (χ3n) is 6.34. The molecule has 2 aromatic rings. The molecule has 12 heteroatoms. The van der Waals surface area contributed by atoms with Crippen molar-refractivity contribution in [2.45, 2.75) is 25.7 Å². The van der Waals surface area contributed by atoms with Crippen LogP contribution in [-0.2, 0) is 19.6 Å². The first kappa shape index (κ1) is 26.1. The smallest absolute Gasteiger partial charge is 0.229 e. The van der Waals surface area contributed by atoms with Gasteiger partial charge in [0, 0.05) is 44.6 Å². The van der Waals surface area contributed by atoms with Gasteiger partial charge < -0.3 is 15.4 Å². The van der Waals surface area contributed by atoms with Crippen LogP contribution in [0.4, 0.5) is 11.6 Å². The molecule has 0 bridgehead atoms. The number of ether oxygens (including phenoxy) is 1. The van der Waals surface area contributed by atoms with Crippen molar-refractivity contribution in [3.8, 4) is 11.3 Å². The number of halogens is 2. The minimum absolute atomic E-state index is 0.152. The molecule has 0 saturated carbocycles. The standard InChI is InChI=1S/C23H29Cl2N5O4S/c1-35(32,33)30-8-2-3-16(14-30)23(31)29-21-11-17(19(25)13-27-21)22-18(24)4-5-20(28-22)26-12-15-6-9-34-10-7-15/h4-5,11,13,15-16H,2-3,6-10,12,14H2,1H3,(H,26,28)(H,27,29,31)/t16-/m0/s1. The van der Waals surface area contributed by atoms with Crippen molar-refractivity contribution < 1.29 is 17.9 Å². The van der Waals surface area contributed by atoms with E-state index in [4.69, 9.17) is 27.9 Å². The van der Waals surface area contributed by atoms with E-state index in [0.717, 1.165) is 38.9 Å². The normalized spacial score (nSPS) is 19.9. The summed E-state index contributed by atoms with van der Waals surface area (Å²) >= 11 is 12.9. The van der Waals surface area contributed by atoms with Crippen LogP contribution in [0.1, 0.15) is 25.7 Å². The third-order valence-corrected chi connectivity index (χ3v) is 8.22. The van der Waals surface area contributed by atoms with Gasteiger partial charge in [-0.2, -0.15) is 0 Å². The zero-order valence-electron chi connectivity index (χ0n) is 19.5. The molecule has 2 aliphatic heterocycles. The zero-order chi connectivity index (χ0) is 25.0. The van der Waals surface area contributed by atoms with Gasteiger partial charge in [-0.05, 0) is 49.8 Å². The van der Waals surface area contributed by atoms with Crippen LogP contribution in [0.5, 0.6) is 0 Å². The lowest BCUT2D eigenvalue weighted by Crippen LogP contribution is -2.43. The van der Waals surface area contributed by atoms with Crippen molar-refractivity contribution in [1.29, 1.82) is 0 Å². The summed E-state index contributed by atoms with van der Waals surface area (Å²) in [6.45, 7) is 2.92. The number of nitrogens with one attached hydrogen (secondary N) is 2. The van der Waals surface area contributed by atoms with Gasteiger partial charge in [-0.25, -0.2) is 22.7 Å². The Bertz CT molecular complexity index is 1170. The molecule has 1 amide bonds. The fourth-order valence-corrected chi connectivity index (χ4v) is 5.61. The molecule has 4 rings (SSSR count). The zero-order valence-corrected chi connectivity index (χ0v) is 21.8. The second-order valence-corrected chi connectivity index (χ2v) is 11.8. The largest absolute Gasteiger partial charge is 0.381 e. The molecule has 2 aromatic heterocycles. The fourth-order valence-electron chi connectivity index (χ4n) is 4.30. The van der Waals surface area contributed by atoms with Crippen LogP contribution in [0.3, 0.4) is 0 Å². The predicted octanol–water partition coefficient (Wildman–Crippen LogP) is 3.90. The fraction of sp³-hybridized carbons (Fsp3) is 0.522. The molecule has 190 valence electrons. The van der Waals surface area contributed by atoms with Gasteiger partial charge in [0.05, 0.1) is 27.9 Å². The molecular formula is C23H29Cl2N5O4S. The van der Waals surface area contributed by atoms with Gasteiger partial charge in [-0.1, -0.05) is 23.2 Å². The Balaban J connectivity index is 1.48.